The molecule has 1 aromatic heterocycles. The van der Waals surface area contributed by atoms with Gasteiger partial charge in [0.25, 0.3) is 0 Å². The summed E-state index contributed by atoms with van der Waals surface area (Å²) in [6.45, 7) is 0. The van der Waals surface area contributed by atoms with E-state index in [0.29, 0.717) is 6.04 Å². The highest BCUT2D eigenvalue weighted by molar-refractivity contribution is 5.86. The Bertz CT molecular complexity index is 897. The van der Waals surface area contributed by atoms with E-state index in [4.69, 9.17) is 0 Å². The van der Waals surface area contributed by atoms with E-state index in [9.17, 15) is 0 Å². The van der Waals surface area contributed by atoms with Crippen LogP contribution in [0.15, 0.2) is 54.6 Å². The van der Waals surface area contributed by atoms with Crippen molar-refractivity contribution in [2.75, 3.05) is 0 Å². The zero-order chi connectivity index (χ0) is 14.5. The highest BCUT2D eigenvalue weighted by Gasteiger charge is 2.26. The molecule has 5 rings (SSSR count). The highest BCUT2D eigenvalue weighted by atomic mass is 15.0. The smallest absolute Gasteiger partial charge is 0.0781 e. The zero-order valence-electron chi connectivity index (χ0n) is 12.6. The average molecular weight is 285 g/mol. The van der Waals surface area contributed by atoms with Crippen LogP contribution in [0.2, 0.25) is 0 Å². The van der Waals surface area contributed by atoms with Gasteiger partial charge in [-0.2, -0.15) is 0 Å². The number of nitrogens with zero attached hydrogens (tertiary/aromatic N) is 1. The fraction of sp³-hybridized carbons (Fsp3) is 0.238. The maximum Gasteiger partial charge on any atom is 0.0781 e. The van der Waals surface area contributed by atoms with Crippen molar-refractivity contribution in [1.82, 2.24) is 4.57 Å². The predicted octanol–water partition coefficient (Wildman–Crippen LogP) is 5.14. The molecule has 22 heavy (non-hydrogen) atoms. The van der Waals surface area contributed by atoms with Gasteiger partial charge in [0.15, 0.2) is 0 Å². The molecule has 0 saturated heterocycles. The van der Waals surface area contributed by atoms with E-state index < -0.39 is 0 Å². The molecule has 0 saturated carbocycles. The lowest BCUT2D eigenvalue weighted by Gasteiger charge is -2.21. The van der Waals surface area contributed by atoms with Crippen molar-refractivity contribution in [2.45, 2.75) is 31.7 Å². The standard InChI is InChI=1S/C21H19N/c1-2-8-16-15(7-1)13-14-21(16)22-19-11-5-3-9-17(19)18-10-4-6-12-20(18)22/h1-3,5,7-9,11,13-14,21H,4,6,10,12H2. The lowest BCUT2D eigenvalue weighted by Crippen LogP contribution is -2.13. The van der Waals surface area contributed by atoms with Crippen molar-refractivity contribution in [2.24, 2.45) is 0 Å². The third-order valence-corrected chi connectivity index (χ3v) is 5.27. The number of allylic oxidation sites excluding steroid dienone is 1. The Labute approximate surface area is 130 Å². The van der Waals surface area contributed by atoms with Gasteiger partial charge in [0.05, 0.1) is 6.04 Å². The number of rotatable bonds is 1. The summed E-state index contributed by atoms with van der Waals surface area (Å²) in [4.78, 5) is 0. The molecule has 0 N–H and O–H groups in total. The Balaban J connectivity index is 1.81. The molecule has 1 atom stereocenters. The van der Waals surface area contributed by atoms with Crippen LogP contribution in [0, 0.1) is 0 Å². The van der Waals surface area contributed by atoms with E-state index >= 15 is 0 Å². The first-order chi connectivity index (χ1) is 10.9. The minimum atomic E-state index is 0.364. The second-order valence-corrected chi connectivity index (χ2v) is 6.45. The molecule has 0 spiro atoms. The summed E-state index contributed by atoms with van der Waals surface area (Å²) in [6.07, 6.45) is 9.76. The normalized spacial score (nSPS) is 19.4. The van der Waals surface area contributed by atoms with E-state index in [1.807, 2.05) is 0 Å². The van der Waals surface area contributed by atoms with Crippen molar-refractivity contribution in [3.05, 3.63) is 77.0 Å². The lowest BCUT2D eigenvalue weighted by atomic mass is 9.95. The molecule has 108 valence electrons. The molecular weight excluding hydrogens is 266 g/mol. The largest absolute Gasteiger partial charge is 0.333 e. The minimum Gasteiger partial charge on any atom is -0.333 e. The van der Waals surface area contributed by atoms with Crippen LogP contribution in [0.4, 0.5) is 0 Å². The summed E-state index contributed by atoms with van der Waals surface area (Å²) in [6, 6.07) is 18.1. The van der Waals surface area contributed by atoms with Gasteiger partial charge in [-0.3, -0.25) is 0 Å². The summed E-state index contributed by atoms with van der Waals surface area (Å²) in [5.74, 6) is 0. The summed E-state index contributed by atoms with van der Waals surface area (Å²) >= 11 is 0. The number of fused-ring (bicyclic) bond motifs is 4. The van der Waals surface area contributed by atoms with E-state index in [1.165, 1.54) is 47.7 Å². The number of hydrogen-bond acceptors (Lipinski definition) is 0. The second-order valence-electron chi connectivity index (χ2n) is 6.45. The van der Waals surface area contributed by atoms with Crippen molar-refractivity contribution < 1.29 is 0 Å². The van der Waals surface area contributed by atoms with Crippen molar-refractivity contribution >= 4 is 17.0 Å². The van der Waals surface area contributed by atoms with Crippen LogP contribution in [0.25, 0.3) is 17.0 Å². The number of benzene rings is 2. The Hall–Kier alpha value is -2.28. The van der Waals surface area contributed by atoms with Gasteiger partial charge in [-0.05, 0) is 48.4 Å². The number of para-hydroxylation sites is 1. The van der Waals surface area contributed by atoms with Crippen LogP contribution in [-0.2, 0) is 12.8 Å². The van der Waals surface area contributed by atoms with E-state index in [0.717, 1.165) is 0 Å². The topological polar surface area (TPSA) is 4.93 Å². The molecule has 0 radical (unpaired) electrons. The Morgan fingerprint density at radius 2 is 1.68 bits per heavy atom. The Morgan fingerprint density at radius 3 is 2.68 bits per heavy atom. The molecule has 2 aromatic carbocycles. The first-order valence-electron chi connectivity index (χ1n) is 8.31. The molecule has 0 aliphatic heterocycles. The van der Waals surface area contributed by atoms with Gasteiger partial charge in [-0.25, -0.2) is 0 Å². The molecule has 0 fully saturated rings. The van der Waals surface area contributed by atoms with Gasteiger partial charge >= 0.3 is 0 Å². The van der Waals surface area contributed by atoms with Gasteiger partial charge < -0.3 is 4.57 Å². The van der Waals surface area contributed by atoms with Gasteiger partial charge in [-0.15, -0.1) is 0 Å². The first kappa shape index (κ1) is 12.3. The quantitative estimate of drug-likeness (QED) is 0.583. The molecule has 2 aliphatic carbocycles. The average Bonchev–Trinajstić information content (AvgIpc) is 3.14. The van der Waals surface area contributed by atoms with Crippen LogP contribution in [0.3, 0.4) is 0 Å². The molecular formula is C21H19N. The van der Waals surface area contributed by atoms with Crippen molar-refractivity contribution in [3.63, 3.8) is 0 Å². The monoisotopic (exact) mass is 285 g/mol. The van der Waals surface area contributed by atoms with Crippen molar-refractivity contribution in [3.8, 4) is 0 Å². The molecule has 1 nitrogen and oxygen atoms in total. The maximum absolute atomic E-state index is 2.60. The molecule has 0 amide bonds. The molecule has 1 unspecified atom stereocenters. The molecule has 0 bridgehead atoms. The van der Waals surface area contributed by atoms with Crippen LogP contribution in [-0.4, -0.2) is 4.57 Å². The van der Waals surface area contributed by atoms with Crippen LogP contribution in [0.1, 0.15) is 41.3 Å². The first-order valence-corrected chi connectivity index (χ1v) is 8.31. The highest BCUT2D eigenvalue weighted by Crippen LogP contribution is 2.39. The predicted molar refractivity (Wildman–Crippen MR) is 92.2 cm³/mol. The fourth-order valence-corrected chi connectivity index (χ4v) is 4.30. The third-order valence-electron chi connectivity index (χ3n) is 5.27. The maximum atomic E-state index is 2.60. The molecule has 2 aliphatic rings. The number of aromatic nitrogens is 1. The minimum absolute atomic E-state index is 0.364. The summed E-state index contributed by atoms with van der Waals surface area (Å²) in [7, 11) is 0. The summed E-state index contributed by atoms with van der Waals surface area (Å²) in [5.41, 5.74) is 7.38. The summed E-state index contributed by atoms with van der Waals surface area (Å²) < 4.78 is 2.60. The van der Waals surface area contributed by atoms with Gasteiger partial charge in [0, 0.05) is 16.6 Å². The van der Waals surface area contributed by atoms with Crippen molar-refractivity contribution in [1.29, 1.82) is 0 Å². The van der Waals surface area contributed by atoms with E-state index in [2.05, 4.69) is 65.3 Å². The third kappa shape index (κ3) is 1.60. The second kappa shape index (κ2) is 4.61. The van der Waals surface area contributed by atoms with Gasteiger partial charge in [-0.1, -0.05) is 54.6 Å². The SMILES string of the molecule is C1=CC(n2c3c(c4ccccc42)CCCC3)c2ccccc21. The van der Waals surface area contributed by atoms with Crippen LogP contribution in [0.5, 0.6) is 0 Å². The van der Waals surface area contributed by atoms with Crippen LogP contribution < -0.4 is 0 Å². The number of aryl methyl sites for hydroxylation is 1. The van der Waals surface area contributed by atoms with Gasteiger partial charge in [0.2, 0.25) is 0 Å². The van der Waals surface area contributed by atoms with Gasteiger partial charge in [0.1, 0.15) is 0 Å². The Kier molecular flexibility index (Phi) is 2.57. The van der Waals surface area contributed by atoms with E-state index in [-0.39, 0.29) is 0 Å². The molecule has 1 heterocycles. The summed E-state index contributed by atoms with van der Waals surface area (Å²) in [5, 5.41) is 1.47. The fourth-order valence-electron chi connectivity index (χ4n) is 4.30. The zero-order valence-corrected chi connectivity index (χ0v) is 12.6. The van der Waals surface area contributed by atoms with Crippen LogP contribution >= 0.6 is 0 Å². The number of hydrogen-bond donors (Lipinski definition) is 0. The molecule has 1 heteroatoms. The Morgan fingerprint density at radius 1 is 0.864 bits per heavy atom. The lowest BCUT2D eigenvalue weighted by molar-refractivity contribution is 0.614. The molecule has 3 aromatic rings. The van der Waals surface area contributed by atoms with E-state index in [1.54, 1.807) is 11.3 Å².